The molecule has 0 unspecified atom stereocenters. The number of aromatic nitrogens is 2. The minimum atomic E-state index is -0.0635. The Labute approximate surface area is 158 Å². The third-order valence-corrected chi connectivity index (χ3v) is 5.61. The average Bonchev–Trinajstić information content (AvgIpc) is 3.31. The number of nitrogens with one attached hydrogen (secondary N) is 1. The summed E-state index contributed by atoms with van der Waals surface area (Å²) in [6.45, 7) is 0.808. The number of benzene rings is 2. The quantitative estimate of drug-likeness (QED) is 0.776. The van der Waals surface area contributed by atoms with Crippen molar-refractivity contribution < 1.29 is 9.53 Å². The van der Waals surface area contributed by atoms with Crippen molar-refractivity contribution in [1.82, 2.24) is 15.1 Å². The highest BCUT2D eigenvalue weighted by Gasteiger charge is 2.46. The lowest BCUT2D eigenvalue weighted by Gasteiger charge is -2.39. The van der Waals surface area contributed by atoms with Gasteiger partial charge in [-0.3, -0.25) is 4.79 Å². The van der Waals surface area contributed by atoms with Gasteiger partial charge in [-0.2, -0.15) is 5.10 Å². The van der Waals surface area contributed by atoms with Crippen molar-refractivity contribution in [3.63, 3.8) is 0 Å². The smallest absolute Gasteiger partial charge is 0.255 e. The lowest BCUT2D eigenvalue weighted by atomic mass is 9.76. The van der Waals surface area contributed by atoms with Gasteiger partial charge in [-0.05, 0) is 25.0 Å². The third-order valence-electron chi connectivity index (χ3n) is 5.61. The van der Waals surface area contributed by atoms with Crippen LogP contribution in [0.25, 0.3) is 16.9 Å². The zero-order valence-electron chi connectivity index (χ0n) is 14.9. The maximum Gasteiger partial charge on any atom is 0.255 e. The number of carbonyl (C=O) groups is 1. The van der Waals surface area contributed by atoms with Gasteiger partial charge in [0, 0.05) is 30.3 Å². The number of hydrogen-bond acceptors (Lipinski definition) is 3. The summed E-state index contributed by atoms with van der Waals surface area (Å²) in [5.74, 6) is 0.393. The van der Waals surface area contributed by atoms with Gasteiger partial charge >= 0.3 is 0 Å². The molecule has 2 heterocycles. The number of fused-ring (bicyclic) bond motifs is 1. The maximum atomic E-state index is 13.1. The molecule has 2 fully saturated rings. The van der Waals surface area contributed by atoms with E-state index in [0.29, 0.717) is 23.3 Å². The Kier molecular flexibility index (Phi) is 4.02. The van der Waals surface area contributed by atoms with Gasteiger partial charge in [-0.15, -0.1) is 0 Å². The molecule has 5 nitrogen and oxygen atoms in total. The minimum absolute atomic E-state index is 0.0635. The Morgan fingerprint density at radius 3 is 2.56 bits per heavy atom. The summed E-state index contributed by atoms with van der Waals surface area (Å²) in [5.41, 5.74) is 3.18. The first-order valence-electron chi connectivity index (χ1n) is 9.42. The SMILES string of the molecule is O=C(N[C@@H]1C[C@@H]2OCC[C@@H]21)c1cn(-c2ccccc2)nc1-c1ccccc1. The van der Waals surface area contributed by atoms with Crippen LogP contribution in [0.2, 0.25) is 0 Å². The molecule has 0 bridgehead atoms. The van der Waals surface area contributed by atoms with Crippen molar-refractivity contribution in [1.29, 1.82) is 0 Å². The van der Waals surface area contributed by atoms with Crippen LogP contribution in [0.4, 0.5) is 0 Å². The zero-order valence-corrected chi connectivity index (χ0v) is 14.9. The molecule has 1 aliphatic carbocycles. The van der Waals surface area contributed by atoms with Crippen molar-refractivity contribution in [2.24, 2.45) is 5.92 Å². The van der Waals surface area contributed by atoms with E-state index in [1.165, 1.54) is 0 Å². The second-order valence-corrected chi connectivity index (χ2v) is 7.21. The van der Waals surface area contributed by atoms with Crippen molar-refractivity contribution in [2.75, 3.05) is 6.61 Å². The standard InChI is InChI=1S/C22H21N3O2/c26-22(23-19-13-20-17(19)11-12-27-20)18-14-25(16-9-5-2-6-10-16)24-21(18)15-7-3-1-4-8-15/h1-10,14,17,19-20H,11-13H2,(H,23,26)/t17-,19-,20+/m1/s1. The molecule has 3 atom stereocenters. The van der Waals surface area contributed by atoms with Gasteiger partial charge in [0.25, 0.3) is 5.91 Å². The molecule has 2 aromatic carbocycles. The van der Waals surface area contributed by atoms with E-state index < -0.39 is 0 Å². The molecule has 5 rings (SSSR count). The van der Waals surface area contributed by atoms with E-state index in [9.17, 15) is 4.79 Å². The molecule has 0 spiro atoms. The molecule has 27 heavy (non-hydrogen) atoms. The first-order chi connectivity index (χ1) is 13.3. The Balaban J connectivity index is 1.48. The fourth-order valence-electron chi connectivity index (χ4n) is 4.07. The first kappa shape index (κ1) is 16.3. The monoisotopic (exact) mass is 359 g/mol. The van der Waals surface area contributed by atoms with E-state index in [1.807, 2.05) is 66.9 Å². The third kappa shape index (κ3) is 2.94. The number of nitrogens with zero attached hydrogens (tertiary/aromatic N) is 2. The van der Waals surface area contributed by atoms with E-state index in [0.717, 1.165) is 30.7 Å². The van der Waals surface area contributed by atoms with Crippen LogP contribution in [-0.2, 0) is 4.74 Å². The average molecular weight is 359 g/mol. The Morgan fingerprint density at radius 2 is 1.81 bits per heavy atom. The summed E-state index contributed by atoms with van der Waals surface area (Å²) in [7, 11) is 0. The highest BCUT2D eigenvalue weighted by molar-refractivity contribution is 6.00. The molecule has 3 aromatic rings. The molecule has 2 aliphatic rings. The molecule has 1 aromatic heterocycles. The normalized spacial score (nSPS) is 23.5. The topological polar surface area (TPSA) is 56.1 Å². The number of ether oxygens (including phenoxy) is 1. The van der Waals surface area contributed by atoms with Crippen LogP contribution in [0.15, 0.2) is 66.9 Å². The van der Waals surface area contributed by atoms with Crippen LogP contribution in [0.5, 0.6) is 0 Å². The second-order valence-electron chi connectivity index (χ2n) is 7.21. The van der Waals surface area contributed by atoms with E-state index in [4.69, 9.17) is 9.84 Å². The number of amides is 1. The van der Waals surface area contributed by atoms with Crippen molar-refractivity contribution >= 4 is 5.91 Å². The van der Waals surface area contributed by atoms with Crippen LogP contribution in [0, 0.1) is 5.92 Å². The second kappa shape index (κ2) is 6.67. The summed E-state index contributed by atoms with van der Waals surface area (Å²) in [4.78, 5) is 13.1. The summed E-state index contributed by atoms with van der Waals surface area (Å²) in [5, 5.41) is 7.93. The van der Waals surface area contributed by atoms with E-state index in [2.05, 4.69) is 5.32 Å². The first-order valence-corrected chi connectivity index (χ1v) is 9.42. The fourth-order valence-corrected chi connectivity index (χ4v) is 4.07. The molecule has 1 aliphatic heterocycles. The predicted molar refractivity (Wildman–Crippen MR) is 103 cm³/mol. The largest absolute Gasteiger partial charge is 0.378 e. The van der Waals surface area contributed by atoms with Gasteiger partial charge in [0.2, 0.25) is 0 Å². The molecule has 0 radical (unpaired) electrons. The fraction of sp³-hybridized carbons (Fsp3) is 0.273. The van der Waals surface area contributed by atoms with Crippen LogP contribution in [-0.4, -0.2) is 34.4 Å². The van der Waals surface area contributed by atoms with Crippen LogP contribution in [0.1, 0.15) is 23.2 Å². The number of hydrogen-bond donors (Lipinski definition) is 1. The Hall–Kier alpha value is -2.92. The van der Waals surface area contributed by atoms with Crippen LogP contribution < -0.4 is 5.32 Å². The van der Waals surface area contributed by atoms with Crippen molar-refractivity contribution in [3.05, 3.63) is 72.4 Å². The van der Waals surface area contributed by atoms with Crippen molar-refractivity contribution in [2.45, 2.75) is 25.0 Å². The number of para-hydroxylation sites is 1. The van der Waals surface area contributed by atoms with Crippen LogP contribution >= 0.6 is 0 Å². The summed E-state index contributed by atoms with van der Waals surface area (Å²) < 4.78 is 7.43. The molecule has 136 valence electrons. The molecule has 1 N–H and O–H groups in total. The Morgan fingerprint density at radius 1 is 1.07 bits per heavy atom. The molecule has 1 amide bonds. The van der Waals surface area contributed by atoms with Gasteiger partial charge in [-0.1, -0.05) is 48.5 Å². The lowest BCUT2D eigenvalue weighted by molar-refractivity contribution is 0.00811. The number of carbonyl (C=O) groups excluding carboxylic acids is 1. The molecular formula is C22H21N3O2. The molecule has 1 saturated heterocycles. The van der Waals surface area contributed by atoms with Crippen molar-refractivity contribution in [3.8, 4) is 16.9 Å². The predicted octanol–water partition coefficient (Wildman–Crippen LogP) is 3.45. The van der Waals surface area contributed by atoms with E-state index in [-0.39, 0.29) is 11.9 Å². The van der Waals surface area contributed by atoms with Gasteiger partial charge in [0.05, 0.1) is 17.4 Å². The van der Waals surface area contributed by atoms with Gasteiger partial charge in [0.1, 0.15) is 5.69 Å². The summed E-state index contributed by atoms with van der Waals surface area (Å²) >= 11 is 0. The Bertz CT molecular complexity index is 952. The van der Waals surface area contributed by atoms with E-state index >= 15 is 0 Å². The minimum Gasteiger partial charge on any atom is -0.378 e. The van der Waals surface area contributed by atoms with Gasteiger partial charge < -0.3 is 10.1 Å². The summed E-state index contributed by atoms with van der Waals surface area (Å²) in [6.07, 6.45) is 4.10. The number of rotatable bonds is 4. The summed E-state index contributed by atoms with van der Waals surface area (Å²) in [6, 6.07) is 19.9. The zero-order chi connectivity index (χ0) is 18.2. The van der Waals surface area contributed by atoms with Crippen LogP contribution in [0.3, 0.4) is 0 Å². The molecule has 5 heteroatoms. The highest BCUT2D eigenvalue weighted by Crippen LogP contribution is 2.38. The highest BCUT2D eigenvalue weighted by atomic mass is 16.5. The van der Waals surface area contributed by atoms with Gasteiger partial charge in [0.15, 0.2) is 0 Å². The maximum absolute atomic E-state index is 13.1. The molecule has 1 saturated carbocycles. The van der Waals surface area contributed by atoms with E-state index in [1.54, 1.807) is 4.68 Å². The van der Waals surface area contributed by atoms with Gasteiger partial charge in [-0.25, -0.2) is 4.68 Å². The lowest BCUT2D eigenvalue weighted by Crippen LogP contribution is -2.53. The molecular weight excluding hydrogens is 338 g/mol.